The maximum Gasteiger partial charge on any atom is 0.340 e. The van der Waals surface area contributed by atoms with Crippen LogP contribution in [0.25, 0.3) is 0 Å². The van der Waals surface area contributed by atoms with Crippen LogP contribution in [0.1, 0.15) is 37.7 Å². The number of aromatic amines is 1. The van der Waals surface area contributed by atoms with Crippen LogP contribution in [-0.4, -0.2) is 49.1 Å². The van der Waals surface area contributed by atoms with E-state index in [1.165, 1.54) is 7.11 Å². The van der Waals surface area contributed by atoms with Gasteiger partial charge in [0.25, 0.3) is 5.91 Å². The van der Waals surface area contributed by atoms with Gasteiger partial charge in [0.1, 0.15) is 12.3 Å². The number of nitrogens with zero attached hydrogens (tertiary/aromatic N) is 1. The molecule has 1 amide bonds. The fourth-order valence-electron chi connectivity index (χ4n) is 2.70. The Morgan fingerprint density at radius 1 is 1.19 bits per heavy atom. The van der Waals surface area contributed by atoms with Crippen molar-refractivity contribution in [3.8, 4) is 0 Å². The van der Waals surface area contributed by atoms with E-state index in [2.05, 4.69) is 4.98 Å². The number of carbonyl (C=O) groups is 2. The smallest absolute Gasteiger partial charge is 0.340 e. The van der Waals surface area contributed by atoms with Crippen LogP contribution in [0.5, 0.6) is 0 Å². The van der Waals surface area contributed by atoms with Crippen molar-refractivity contribution in [2.24, 2.45) is 0 Å². The molecule has 0 aliphatic carbocycles. The molecular weight excluding hydrogens is 356 g/mol. The predicted octanol–water partition coefficient (Wildman–Crippen LogP) is 3.36. The Morgan fingerprint density at radius 2 is 1.88 bits per heavy atom. The number of methoxy groups -OCH3 is 1. The lowest BCUT2D eigenvalue weighted by atomic mass is 10.1. The molecule has 1 aromatic carbocycles. The summed E-state index contributed by atoms with van der Waals surface area (Å²) in [5.74, 6) is -0.692. The Kier molecular flexibility index (Phi) is 6.83. The summed E-state index contributed by atoms with van der Waals surface area (Å²) in [5, 5.41) is 0.606. The Balaban J connectivity index is 2.18. The number of carbonyl (C=O) groups excluding carboxylic acids is 2. The number of aryl methyl sites for hydroxylation is 1. The standard InChI is InChI=1S/C19H23ClN2O4/c1-12-16(19(24)26-10-9-25-4)13(2)21-17(12)18(23)22(3)11-14-7-5-6-8-15(14)20/h5-8,21H,9-11H2,1-4H3. The third-order valence-corrected chi connectivity index (χ3v) is 4.46. The number of halogens is 1. The molecule has 0 aliphatic heterocycles. The zero-order valence-corrected chi connectivity index (χ0v) is 16.1. The van der Waals surface area contributed by atoms with E-state index in [9.17, 15) is 9.59 Å². The molecule has 0 unspecified atom stereocenters. The molecule has 0 saturated heterocycles. The van der Waals surface area contributed by atoms with Crippen LogP contribution in [0.3, 0.4) is 0 Å². The highest BCUT2D eigenvalue weighted by Crippen LogP contribution is 2.22. The Labute approximate surface area is 158 Å². The summed E-state index contributed by atoms with van der Waals surface area (Å²) < 4.78 is 10.0. The number of H-pyrrole nitrogens is 1. The quantitative estimate of drug-likeness (QED) is 0.592. The summed E-state index contributed by atoms with van der Waals surface area (Å²) in [6.07, 6.45) is 0. The molecule has 6 nitrogen and oxygen atoms in total. The zero-order valence-electron chi connectivity index (χ0n) is 15.4. The van der Waals surface area contributed by atoms with Crippen LogP contribution < -0.4 is 0 Å². The van der Waals surface area contributed by atoms with Gasteiger partial charge in [0.2, 0.25) is 0 Å². The van der Waals surface area contributed by atoms with E-state index >= 15 is 0 Å². The van der Waals surface area contributed by atoms with E-state index < -0.39 is 5.97 Å². The van der Waals surface area contributed by atoms with Crippen molar-refractivity contribution in [3.63, 3.8) is 0 Å². The number of aromatic nitrogens is 1. The van der Waals surface area contributed by atoms with Crippen molar-refractivity contribution in [3.05, 3.63) is 57.4 Å². The molecule has 2 aromatic rings. The van der Waals surface area contributed by atoms with Gasteiger partial charge in [0.05, 0.1) is 12.2 Å². The van der Waals surface area contributed by atoms with Crippen molar-refractivity contribution in [1.82, 2.24) is 9.88 Å². The Bertz CT molecular complexity index is 801. The maximum atomic E-state index is 12.8. The molecule has 1 N–H and O–H groups in total. The molecule has 26 heavy (non-hydrogen) atoms. The van der Waals surface area contributed by atoms with Crippen molar-refractivity contribution in [2.75, 3.05) is 27.4 Å². The zero-order chi connectivity index (χ0) is 19.3. The van der Waals surface area contributed by atoms with E-state index in [4.69, 9.17) is 21.1 Å². The second-order valence-corrected chi connectivity index (χ2v) is 6.41. The van der Waals surface area contributed by atoms with Gasteiger partial charge in [-0.2, -0.15) is 0 Å². The number of esters is 1. The van der Waals surface area contributed by atoms with Crippen LogP contribution in [0, 0.1) is 13.8 Å². The lowest BCUT2D eigenvalue weighted by molar-refractivity contribution is 0.0387. The summed E-state index contributed by atoms with van der Waals surface area (Å²) in [4.78, 5) is 29.6. The normalized spacial score (nSPS) is 10.7. The van der Waals surface area contributed by atoms with E-state index in [-0.39, 0.29) is 12.5 Å². The average molecular weight is 379 g/mol. The Hall–Kier alpha value is -2.31. The fraction of sp³-hybridized carbons (Fsp3) is 0.368. The molecule has 0 atom stereocenters. The van der Waals surface area contributed by atoms with E-state index in [1.807, 2.05) is 18.2 Å². The van der Waals surface area contributed by atoms with Gasteiger partial charge in [-0.05, 0) is 31.0 Å². The molecule has 7 heteroatoms. The topological polar surface area (TPSA) is 71.6 Å². The molecule has 0 fully saturated rings. The number of ether oxygens (including phenoxy) is 2. The molecule has 1 aromatic heterocycles. The number of benzene rings is 1. The van der Waals surface area contributed by atoms with Crippen LogP contribution in [-0.2, 0) is 16.0 Å². The van der Waals surface area contributed by atoms with Crippen LogP contribution in [0.4, 0.5) is 0 Å². The highest BCUT2D eigenvalue weighted by molar-refractivity contribution is 6.31. The van der Waals surface area contributed by atoms with E-state index in [1.54, 1.807) is 31.9 Å². The van der Waals surface area contributed by atoms with Gasteiger partial charge >= 0.3 is 5.97 Å². The minimum atomic E-state index is -0.471. The average Bonchev–Trinajstić information content (AvgIpc) is 2.90. The molecule has 140 valence electrons. The first-order valence-electron chi connectivity index (χ1n) is 8.20. The van der Waals surface area contributed by atoms with Gasteiger partial charge in [-0.3, -0.25) is 4.79 Å². The molecule has 0 saturated carbocycles. The van der Waals surface area contributed by atoms with Crippen molar-refractivity contribution >= 4 is 23.5 Å². The largest absolute Gasteiger partial charge is 0.460 e. The fourth-order valence-corrected chi connectivity index (χ4v) is 2.90. The number of amides is 1. The second-order valence-electron chi connectivity index (χ2n) is 6.01. The summed E-state index contributed by atoms with van der Waals surface area (Å²) in [6, 6.07) is 7.37. The highest BCUT2D eigenvalue weighted by atomic mass is 35.5. The molecule has 0 bridgehead atoms. The summed E-state index contributed by atoms with van der Waals surface area (Å²) in [7, 11) is 3.23. The number of nitrogens with one attached hydrogen (secondary N) is 1. The monoisotopic (exact) mass is 378 g/mol. The van der Waals surface area contributed by atoms with Gasteiger partial charge in [0, 0.05) is 31.4 Å². The van der Waals surface area contributed by atoms with E-state index in [0.29, 0.717) is 40.7 Å². The first kappa shape index (κ1) is 20.0. The summed E-state index contributed by atoms with van der Waals surface area (Å²) in [6.45, 7) is 4.32. The Morgan fingerprint density at radius 3 is 2.54 bits per heavy atom. The maximum absolute atomic E-state index is 12.8. The molecule has 0 radical (unpaired) electrons. The van der Waals surface area contributed by atoms with Crippen molar-refractivity contribution < 1.29 is 19.1 Å². The van der Waals surface area contributed by atoms with E-state index in [0.717, 1.165) is 5.56 Å². The summed E-state index contributed by atoms with van der Waals surface area (Å²) >= 11 is 6.16. The first-order valence-corrected chi connectivity index (χ1v) is 8.58. The SMILES string of the molecule is COCCOC(=O)c1c(C)[nH]c(C(=O)N(C)Cc2ccccc2Cl)c1C. The number of rotatable bonds is 7. The van der Waals surface area contributed by atoms with Crippen molar-refractivity contribution in [2.45, 2.75) is 20.4 Å². The third-order valence-electron chi connectivity index (χ3n) is 4.09. The summed E-state index contributed by atoms with van der Waals surface area (Å²) in [5.41, 5.74) is 2.77. The minimum Gasteiger partial charge on any atom is -0.460 e. The molecule has 0 spiro atoms. The first-order chi connectivity index (χ1) is 12.4. The lowest BCUT2D eigenvalue weighted by Crippen LogP contribution is -2.27. The van der Waals surface area contributed by atoms with Gasteiger partial charge in [-0.15, -0.1) is 0 Å². The van der Waals surface area contributed by atoms with Crippen LogP contribution in [0.15, 0.2) is 24.3 Å². The molecule has 0 aliphatic rings. The number of hydrogen-bond donors (Lipinski definition) is 1. The number of hydrogen-bond acceptors (Lipinski definition) is 4. The van der Waals surface area contributed by atoms with Crippen LogP contribution in [0.2, 0.25) is 5.02 Å². The van der Waals surface area contributed by atoms with Gasteiger partial charge in [-0.1, -0.05) is 29.8 Å². The molecule has 2 rings (SSSR count). The molecule has 1 heterocycles. The van der Waals surface area contributed by atoms with Gasteiger partial charge in [0.15, 0.2) is 0 Å². The highest BCUT2D eigenvalue weighted by Gasteiger charge is 2.25. The van der Waals surface area contributed by atoms with Gasteiger partial charge < -0.3 is 19.4 Å². The van der Waals surface area contributed by atoms with Crippen molar-refractivity contribution in [1.29, 1.82) is 0 Å². The predicted molar refractivity (Wildman–Crippen MR) is 99.7 cm³/mol. The molecular formula is C19H23ClN2O4. The van der Waals surface area contributed by atoms with Crippen LogP contribution >= 0.6 is 11.6 Å². The second kappa shape index (κ2) is 8.87. The minimum absolute atomic E-state index is 0.162. The third kappa shape index (κ3) is 4.45. The van der Waals surface area contributed by atoms with Gasteiger partial charge in [-0.25, -0.2) is 4.79 Å². The lowest BCUT2D eigenvalue weighted by Gasteiger charge is -2.18.